The molecule has 33 heavy (non-hydrogen) atoms. The molecule has 3 rings (SSSR count). The molecule has 0 bridgehead atoms. The molecule has 0 unspecified atom stereocenters. The molecule has 1 aliphatic rings. The van der Waals surface area contributed by atoms with Crippen molar-refractivity contribution < 1.29 is 22.7 Å². The summed E-state index contributed by atoms with van der Waals surface area (Å²) in [5.41, 5.74) is 1.21. The minimum absolute atomic E-state index is 0.0810. The number of hydrogen-bond acceptors (Lipinski definition) is 7. The fourth-order valence-electron chi connectivity index (χ4n) is 3.60. The van der Waals surface area contributed by atoms with Crippen molar-refractivity contribution in [3.05, 3.63) is 53.7 Å². The molecule has 1 N–H and O–H groups in total. The molecule has 2 aromatic rings. The zero-order valence-electron chi connectivity index (χ0n) is 19.2. The van der Waals surface area contributed by atoms with Gasteiger partial charge >= 0.3 is 5.97 Å². The van der Waals surface area contributed by atoms with Crippen molar-refractivity contribution in [2.24, 2.45) is 5.92 Å². The van der Waals surface area contributed by atoms with Crippen LogP contribution < -0.4 is 10.2 Å². The van der Waals surface area contributed by atoms with E-state index in [0.717, 1.165) is 11.4 Å². The molecule has 10 heteroatoms. The first kappa shape index (κ1) is 24.7. The van der Waals surface area contributed by atoms with Gasteiger partial charge in [-0.1, -0.05) is 6.07 Å². The Hall–Kier alpha value is -2.98. The van der Waals surface area contributed by atoms with E-state index in [4.69, 9.17) is 4.74 Å². The first-order valence-corrected chi connectivity index (χ1v) is 12.3. The largest absolute Gasteiger partial charge is 0.462 e. The summed E-state index contributed by atoms with van der Waals surface area (Å²) in [5, 5.41) is 2.93. The van der Waals surface area contributed by atoms with Crippen LogP contribution in [0.25, 0.3) is 0 Å². The number of rotatable bonds is 8. The van der Waals surface area contributed by atoms with Gasteiger partial charge < -0.3 is 15.0 Å². The molecule has 0 aliphatic carbocycles. The number of esters is 1. The first-order chi connectivity index (χ1) is 15.7. The number of sulfonamides is 1. The van der Waals surface area contributed by atoms with E-state index in [2.05, 4.69) is 10.3 Å². The molecule has 9 nitrogen and oxygen atoms in total. The van der Waals surface area contributed by atoms with E-state index in [-0.39, 0.29) is 36.4 Å². The van der Waals surface area contributed by atoms with Crippen molar-refractivity contribution in [3.8, 4) is 0 Å². The number of carbonyl (C=O) groups is 2. The molecule has 0 atom stereocenters. The van der Waals surface area contributed by atoms with Gasteiger partial charge in [0.25, 0.3) is 0 Å². The molecule has 1 amide bonds. The molecule has 0 spiro atoms. The summed E-state index contributed by atoms with van der Waals surface area (Å²) in [6.45, 7) is 2.87. The fourth-order valence-corrected chi connectivity index (χ4v) is 5.07. The van der Waals surface area contributed by atoms with Gasteiger partial charge in [0.2, 0.25) is 15.9 Å². The summed E-state index contributed by atoms with van der Waals surface area (Å²) in [7, 11) is 0.128. The average molecular weight is 475 g/mol. The van der Waals surface area contributed by atoms with Gasteiger partial charge in [-0.25, -0.2) is 18.2 Å². The van der Waals surface area contributed by atoms with Gasteiger partial charge in [-0.2, -0.15) is 4.31 Å². The van der Waals surface area contributed by atoms with Crippen molar-refractivity contribution in [3.63, 3.8) is 0 Å². The Balaban J connectivity index is 1.52. The van der Waals surface area contributed by atoms with Crippen molar-refractivity contribution >= 4 is 27.7 Å². The van der Waals surface area contributed by atoms with Crippen molar-refractivity contribution in [2.45, 2.75) is 31.2 Å². The maximum Gasteiger partial charge on any atom is 0.338 e. The lowest BCUT2D eigenvalue weighted by atomic mass is 9.97. The lowest BCUT2D eigenvalue weighted by molar-refractivity contribution is -0.126. The molecular formula is C23H30N4O5S. The minimum Gasteiger partial charge on any atom is -0.462 e. The standard InChI is InChI=1S/C23H30N4O5S/c1-4-32-23(29)19-6-8-20(9-7-19)33(30,31)27-13-11-18(12-14-27)22(28)25-16-17-5-10-21(24-15-17)26(2)3/h5-10,15,18H,4,11-14,16H2,1-3H3,(H,25,28). The third-order valence-corrected chi connectivity index (χ3v) is 7.47. The normalized spacial score (nSPS) is 15.1. The summed E-state index contributed by atoms with van der Waals surface area (Å²) < 4.78 is 32.2. The van der Waals surface area contributed by atoms with Crippen LogP contribution in [0.15, 0.2) is 47.5 Å². The molecule has 178 valence electrons. The smallest absolute Gasteiger partial charge is 0.338 e. The van der Waals surface area contributed by atoms with E-state index in [1.807, 2.05) is 31.1 Å². The van der Waals surface area contributed by atoms with Crippen LogP contribution >= 0.6 is 0 Å². The number of ether oxygens (including phenoxy) is 1. The van der Waals surface area contributed by atoms with Gasteiger partial charge in [0.1, 0.15) is 5.82 Å². The molecule has 1 fully saturated rings. The maximum atomic E-state index is 13.0. The van der Waals surface area contributed by atoms with Crippen molar-refractivity contribution in [1.82, 2.24) is 14.6 Å². The number of hydrogen-bond donors (Lipinski definition) is 1. The number of aromatic nitrogens is 1. The monoisotopic (exact) mass is 474 g/mol. The van der Waals surface area contributed by atoms with Crippen LogP contribution in [0.3, 0.4) is 0 Å². The Morgan fingerprint density at radius 1 is 1.12 bits per heavy atom. The van der Waals surface area contributed by atoms with E-state index in [1.165, 1.54) is 28.6 Å². The Kier molecular flexibility index (Phi) is 8.04. The third kappa shape index (κ3) is 6.08. The Bertz CT molecular complexity index is 1060. The summed E-state index contributed by atoms with van der Waals surface area (Å²) in [4.78, 5) is 30.7. The van der Waals surface area contributed by atoms with E-state index in [9.17, 15) is 18.0 Å². The number of amides is 1. The van der Waals surface area contributed by atoms with Gasteiger partial charge in [-0.3, -0.25) is 4.79 Å². The van der Waals surface area contributed by atoms with Crippen LogP contribution in [0.4, 0.5) is 5.82 Å². The topological polar surface area (TPSA) is 109 Å². The quantitative estimate of drug-likeness (QED) is 0.583. The number of benzene rings is 1. The molecule has 1 aromatic heterocycles. The molecule has 1 aromatic carbocycles. The maximum absolute atomic E-state index is 13.0. The molecule has 1 saturated heterocycles. The zero-order chi connectivity index (χ0) is 24.0. The summed E-state index contributed by atoms with van der Waals surface area (Å²) in [5.74, 6) is 0.0334. The summed E-state index contributed by atoms with van der Waals surface area (Å²) in [6, 6.07) is 9.54. The number of pyridine rings is 1. The van der Waals surface area contributed by atoms with Crippen LogP contribution in [-0.4, -0.2) is 63.4 Å². The van der Waals surface area contributed by atoms with E-state index in [0.29, 0.717) is 24.9 Å². The van der Waals surface area contributed by atoms with Crippen LogP contribution in [0.5, 0.6) is 0 Å². The first-order valence-electron chi connectivity index (χ1n) is 10.9. The second-order valence-electron chi connectivity index (χ2n) is 8.06. The Morgan fingerprint density at radius 3 is 2.33 bits per heavy atom. The SMILES string of the molecule is CCOC(=O)c1ccc(S(=O)(=O)N2CCC(C(=O)NCc3ccc(N(C)C)nc3)CC2)cc1. The van der Waals surface area contributed by atoms with Crippen LogP contribution in [0, 0.1) is 5.92 Å². The van der Waals surface area contributed by atoms with E-state index >= 15 is 0 Å². The highest BCUT2D eigenvalue weighted by Gasteiger charge is 2.32. The minimum atomic E-state index is -3.70. The lowest BCUT2D eigenvalue weighted by Crippen LogP contribution is -2.42. The van der Waals surface area contributed by atoms with Crippen molar-refractivity contribution in [2.75, 3.05) is 38.7 Å². The van der Waals surface area contributed by atoms with E-state index < -0.39 is 16.0 Å². The number of anilines is 1. The number of carbonyl (C=O) groups excluding carboxylic acids is 2. The molecule has 0 saturated carbocycles. The Morgan fingerprint density at radius 2 is 1.79 bits per heavy atom. The average Bonchev–Trinajstić information content (AvgIpc) is 2.83. The van der Waals surface area contributed by atoms with Crippen LogP contribution in [0.2, 0.25) is 0 Å². The molecule has 2 heterocycles. The van der Waals surface area contributed by atoms with Gasteiger partial charge in [-0.05, 0) is 55.7 Å². The van der Waals surface area contributed by atoms with E-state index in [1.54, 1.807) is 13.1 Å². The molecular weight excluding hydrogens is 444 g/mol. The van der Waals surface area contributed by atoms with Crippen LogP contribution in [-0.2, 0) is 26.1 Å². The predicted molar refractivity (Wildman–Crippen MR) is 124 cm³/mol. The Labute approximate surface area is 194 Å². The summed E-state index contributed by atoms with van der Waals surface area (Å²) >= 11 is 0. The molecule has 0 radical (unpaired) electrons. The second-order valence-corrected chi connectivity index (χ2v) is 10.00. The number of piperidine rings is 1. The zero-order valence-corrected chi connectivity index (χ0v) is 20.0. The fraction of sp³-hybridized carbons (Fsp3) is 0.435. The second kappa shape index (κ2) is 10.8. The number of nitrogens with zero attached hydrogens (tertiary/aromatic N) is 3. The third-order valence-electron chi connectivity index (χ3n) is 5.56. The van der Waals surface area contributed by atoms with Gasteiger partial charge in [0.05, 0.1) is 17.1 Å². The highest BCUT2D eigenvalue weighted by atomic mass is 32.2. The van der Waals surface area contributed by atoms with Gasteiger partial charge in [0.15, 0.2) is 0 Å². The summed E-state index contributed by atoms with van der Waals surface area (Å²) in [6.07, 6.45) is 2.63. The van der Waals surface area contributed by atoms with Gasteiger partial charge in [0, 0.05) is 45.8 Å². The highest BCUT2D eigenvalue weighted by Crippen LogP contribution is 2.24. The van der Waals surface area contributed by atoms with Crippen LogP contribution in [0.1, 0.15) is 35.7 Å². The number of nitrogens with one attached hydrogen (secondary N) is 1. The van der Waals surface area contributed by atoms with Crippen molar-refractivity contribution in [1.29, 1.82) is 0 Å². The highest BCUT2D eigenvalue weighted by molar-refractivity contribution is 7.89. The predicted octanol–water partition coefficient (Wildman–Crippen LogP) is 2.04. The molecule has 1 aliphatic heterocycles. The van der Waals surface area contributed by atoms with Gasteiger partial charge in [-0.15, -0.1) is 0 Å². The lowest BCUT2D eigenvalue weighted by Gasteiger charge is -2.30.